The minimum Gasteiger partial charge on any atom is -0.495 e. The minimum atomic E-state index is -1.36. The average molecular weight is 529 g/mol. The van der Waals surface area contributed by atoms with E-state index in [2.05, 4.69) is 33.0 Å². The standard InChI is InChI=1S/C24H23BrN2O3.C2H6.CH4O/c1-29-20-13-27-14-21-22(20)23(28)17(12-26)11-19(15-5-3-2-4-6-15)24(23,30-21)16-7-9-18(25)10-8-16;2*1-2/h2-10,13-14,17,19,28H,11-12,26H2,1H3;1-2H3;2H,1H3. The molecular weight excluding hydrogens is 496 g/mol. The van der Waals surface area contributed by atoms with Gasteiger partial charge in [-0.3, -0.25) is 4.98 Å². The summed E-state index contributed by atoms with van der Waals surface area (Å²) in [5, 5.41) is 19.5. The number of nitrogens with two attached hydrogens (primary N) is 1. The second-order valence-electron chi connectivity index (χ2n) is 7.96. The van der Waals surface area contributed by atoms with E-state index < -0.39 is 11.2 Å². The first-order valence-corrected chi connectivity index (χ1v) is 12.2. The van der Waals surface area contributed by atoms with Crippen LogP contribution in [0.2, 0.25) is 0 Å². The molecule has 0 amide bonds. The zero-order valence-corrected chi connectivity index (χ0v) is 21.6. The monoisotopic (exact) mass is 528 g/mol. The third-order valence-corrected chi connectivity index (χ3v) is 7.20. The Hall–Kier alpha value is -2.45. The van der Waals surface area contributed by atoms with E-state index in [-0.39, 0.29) is 11.8 Å². The molecule has 1 fully saturated rings. The molecule has 2 aromatic carbocycles. The lowest BCUT2D eigenvalue weighted by molar-refractivity contribution is -0.126. The Morgan fingerprint density at radius 2 is 1.74 bits per heavy atom. The van der Waals surface area contributed by atoms with Crippen LogP contribution in [0.5, 0.6) is 11.5 Å². The molecule has 0 radical (unpaired) electrons. The van der Waals surface area contributed by atoms with Gasteiger partial charge >= 0.3 is 0 Å². The summed E-state index contributed by atoms with van der Waals surface area (Å²) < 4.78 is 13.3. The zero-order valence-electron chi connectivity index (χ0n) is 20.0. The van der Waals surface area contributed by atoms with Crippen LogP contribution in [-0.4, -0.2) is 36.0 Å². The lowest BCUT2D eigenvalue weighted by Crippen LogP contribution is -2.51. The zero-order chi connectivity index (χ0) is 24.9. The number of hydrogen-bond donors (Lipinski definition) is 3. The molecule has 2 heterocycles. The van der Waals surface area contributed by atoms with Gasteiger partial charge in [-0.1, -0.05) is 72.2 Å². The summed E-state index contributed by atoms with van der Waals surface area (Å²) in [6.07, 6.45) is 3.98. The van der Waals surface area contributed by atoms with Crippen molar-refractivity contribution < 1.29 is 19.7 Å². The maximum absolute atomic E-state index is 12.5. The molecule has 34 heavy (non-hydrogen) atoms. The molecule has 1 saturated carbocycles. The molecule has 0 saturated heterocycles. The summed E-state index contributed by atoms with van der Waals surface area (Å²) in [5.74, 6) is 0.736. The van der Waals surface area contributed by atoms with E-state index in [1.807, 2.05) is 56.3 Å². The van der Waals surface area contributed by atoms with Gasteiger partial charge in [-0.15, -0.1) is 0 Å². The Labute approximate surface area is 209 Å². The van der Waals surface area contributed by atoms with Gasteiger partial charge in [0.25, 0.3) is 0 Å². The lowest BCUT2D eigenvalue weighted by atomic mass is 9.70. The molecule has 2 aliphatic rings. The molecule has 0 spiro atoms. The molecular formula is C27H33BrN2O4. The Morgan fingerprint density at radius 1 is 1.09 bits per heavy atom. The summed E-state index contributed by atoms with van der Waals surface area (Å²) in [7, 11) is 2.58. The summed E-state index contributed by atoms with van der Waals surface area (Å²) in [6.45, 7) is 4.33. The SMILES string of the molecule is CC.CO.COc1cncc2c1C1(O)C(CN)CC(c3ccccc3)C1(c1ccc(Br)cc1)O2. The summed E-state index contributed by atoms with van der Waals surface area (Å²) in [6, 6.07) is 18.2. The van der Waals surface area contributed by atoms with Crippen molar-refractivity contribution in [3.63, 3.8) is 0 Å². The molecule has 4 unspecified atom stereocenters. The van der Waals surface area contributed by atoms with Crippen LogP contribution < -0.4 is 15.2 Å². The van der Waals surface area contributed by atoms with E-state index in [0.29, 0.717) is 30.0 Å². The van der Waals surface area contributed by atoms with E-state index in [9.17, 15) is 5.11 Å². The number of ether oxygens (including phenoxy) is 2. The molecule has 1 aliphatic heterocycles. The number of hydrogen-bond acceptors (Lipinski definition) is 6. The topological polar surface area (TPSA) is 97.8 Å². The largest absolute Gasteiger partial charge is 0.495 e. The molecule has 1 aliphatic carbocycles. The summed E-state index contributed by atoms with van der Waals surface area (Å²) in [4.78, 5) is 4.27. The quantitative estimate of drug-likeness (QED) is 0.453. The molecule has 4 atom stereocenters. The third-order valence-electron chi connectivity index (χ3n) is 6.68. The molecule has 4 N–H and O–H groups in total. The predicted molar refractivity (Wildman–Crippen MR) is 137 cm³/mol. The van der Waals surface area contributed by atoms with Gasteiger partial charge in [-0.2, -0.15) is 0 Å². The van der Waals surface area contributed by atoms with Crippen molar-refractivity contribution in [3.05, 3.63) is 88.2 Å². The minimum absolute atomic E-state index is 0.101. The molecule has 5 rings (SSSR count). The Kier molecular flexibility index (Phi) is 8.36. The first-order valence-electron chi connectivity index (χ1n) is 11.5. The summed E-state index contributed by atoms with van der Waals surface area (Å²) in [5.41, 5.74) is 6.48. The predicted octanol–water partition coefficient (Wildman–Crippen LogP) is 4.73. The van der Waals surface area contributed by atoms with Crippen LogP contribution in [0.4, 0.5) is 0 Å². The smallest absolute Gasteiger partial charge is 0.174 e. The fraction of sp³-hybridized carbons (Fsp3) is 0.370. The molecule has 7 heteroatoms. The molecule has 1 aromatic heterocycles. The number of nitrogens with zero attached hydrogens (tertiary/aromatic N) is 1. The molecule has 3 aromatic rings. The van der Waals surface area contributed by atoms with Gasteiger partial charge in [0.2, 0.25) is 0 Å². The maximum Gasteiger partial charge on any atom is 0.174 e. The van der Waals surface area contributed by atoms with Gasteiger partial charge in [0.15, 0.2) is 5.60 Å². The normalized spacial score (nSPS) is 26.1. The van der Waals surface area contributed by atoms with Crippen molar-refractivity contribution in [1.29, 1.82) is 0 Å². The van der Waals surface area contributed by atoms with Crippen molar-refractivity contribution in [3.8, 4) is 11.5 Å². The number of rotatable bonds is 4. The highest BCUT2D eigenvalue weighted by atomic mass is 79.9. The van der Waals surface area contributed by atoms with Gasteiger partial charge in [0.1, 0.15) is 17.1 Å². The van der Waals surface area contributed by atoms with E-state index >= 15 is 0 Å². The van der Waals surface area contributed by atoms with Crippen LogP contribution in [0.25, 0.3) is 0 Å². The Morgan fingerprint density at radius 3 is 2.32 bits per heavy atom. The number of benzene rings is 2. The number of aliphatic hydroxyl groups excluding tert-OH is 1. The van der Waals surface area contributed by atoms with Gasteiger partial charge in [0.05, 0.1) is 25.1 Å². The van der Waals surface area contributed by atoms with Crippen LogP contribution in [-0.2, 0) is 11.2 Å². The Balaban J connectivity index is 0.000000771. The number of methoxy groups -OCH3 is 1. The van der Waals surface area contributed by atoms with Crippen LogP contribution in [0.1, 0.15) is 42.9 Å². The fourth-order valence-corrected chi connectivity index (χ4v) is 5.70. The number of halogens is 1. The van der Waals surface area contributed by atoms with Crippen LogP contribution in [0.15, 0.2) is 71.5 Å². The number of pyridine rings is 1. The van der Waals surface area contributed by atoms with Gasteiger partial charge in [-0.05, 0) is 36.2 Å². The van der Waals surface area contributed by atoms with Crippen molar-refractivity contribution in [2.75, 3.05) is 20.8 Å². The molecule has 0 bridgehead atoms. The Bertz CT molecular complexity index is 1080. The highest BCUT2D eigenvalue weighted by Gasteiger charge is 2.73. The van der Waals surface area contributed by atoms with Crippen molar-refractivity contribution in [2.45, 2.75) is 37.4 Å². The second kappa shape index (κ2) is 10.9. The van der Waals surface area contributed by atoms with E-state index in [1.54, 1.807) is 19.5 Å². The van der Waals surface area contributed by atoms with Crippen LogP contribution in [0.3, 0.4) is 0 Å². The van der Waals surface area contributed by atoms with E-state index in [0.717, 1.165) is 22.7 Å². The van der Waals surface area contributed by atoms with Gasteiger partial charge in [0, 0.05) is 23.4 Å². The fourth-order valence-electron chi connectivity index (χ4n) is 5.43. The van der Waals surface area contributed by atoms with E-state index in [1.165, 1.54) is 0 Å². The number of aromatic nitrogens is 1. The van der Waals surface area contributed by atoms with Crippen molar-refractivity contribution in [2.24, 2.45) is 11.7 Å². The van der Waals surface area contributed by atoms with Crippen molar-refractivity contribution >= 4 is 15.9 Å². The highest BCUT2D eigenvalue weighted by molar-refractivity contribution is 9.10. The van der Waals surface area contributed by atoms with E-state index in [4.69, 9.17) is 20.3 Å². The van der Waals surface area contributed by atoms with Gasteiger partial charge in [-0.25, -0.2) is 0 Å². The van der Waals surface area contributed by atoms with Crippen molar-refractivity contribution in [1.82, 2.24) is 4.98 Å². The average Bonchev–Trinajstić information content (AvgIpc) is 3.32. The second-order valence-corrected chi connectivity index (χ2v) is 8.87. The number of fused-ring (bicyclic) bond motifs is 3. The molecule has 182 valence electrons. The molecule has 6 nitrogen and oxygen atoms in total. The number of aliphatic hydroxyl groups is 2. The highest BCUT2D eigenvalue weighted by Crippen LogP contribution is 2.69. The first kappa shape index (κ1) is 26.2. The van der Waals surface area contributed by atoms with Crippen LogP contribution >= 0.6 is 15.9 Å². The third kappa shape index (κ3) is 3.81. The lowest BCUT2D eigenvalue weighted by Gasteiger charge is -2.41. The van der Waals surface area contributed by atoms with Crippen LogP contribution in [0, 0.1) is 5.92 Å². The van der Waals surface area contributed by atoms with Gasteiger partial charge < -0.3 is 25.4 Å². The summed E-state index contributed by atoms with van der Waals surface area (Å²) >= 11 is 3.52. The first-order chi connectivity index (χ1) is 16.6. The maximum atomic E-state index is 12.5.